The molecule has 1 aromatic carbocycles. The minimum absolute atomic E-state index is 0.408. The first-order valence-electron chi connectivity index (χ1n) is 6.94. The molecule has 0 saturated heterocycles. The summed E-state index contributed by atoms with van der Waals surface area (Å²) in [5.41, 5.74) is 7.97. The van der Waals surface area contributed by atoms with Crippen molar-refractivity contribution >= 4 is 23.6 Å². The van der Waals surface area contributed by atoms with E-state index in [9.17, 15) is 9.59 Å². The van der Waals surface area contributed by atoms with Crippen LogP contribution in [0.25, 0.3) is 0 Å². The van der Waals surface area contributed by atoms with E-state index in [1.807, 2.05) is 32.0 Å². The number of carbonyl (C=O) groups is 2. The molecule has 6 nitrogen and oxygen atoms in total. The Balaban J connectivity index is 2.11. The Morgan fingerprint density at radius 1 is 1.17 bits per heavy atom. The number of thioether (sulfide) groups is 1. The highest BCUT2D eigenvalue weighted by molar-refractivity contribution is 7.98. The second-order valence-corrected chi connectivity index (χ2v) is 5.86. The molecule has 0 saturated carbocycles. The zero-order valence-corrected chi connectivity index (χ0v) is 13.7. The molecule has 120 valence electrons. The third kappa shape index (κ3) is 5.07. The second kappa shape index (κ2) is 7.73. The number of aromatic nitrogens is 2. The number of esters is 1. The van der Waals surface area contributed by atoms with Gasteiger partial charge in [0, 0.05) is 17.1 Å². The van der Waals surface area contributed by atoms with Crippen molar-refractivity contribution in [3.8, 4) is 0 Å². The van der Waals surface area contributed by atoms with E-state index in [4.69, 9.17) is 10.5 Å². The molecule has 2 rings (SSSR count). The Kier molecular flexibility index (Phi) is 5.70. The van der Waals surface area contributed by atoms with E-state index in [-0.39, 0.29) is 0 Å². The van der Waals surface area contributed by atoms with Crippen LogP contribution in [0, 0.1) is 13.8 Å². The fourth-order valence-corrected chi connectivity index (χ4v) is 2.91. The number of nitrogens with zero attached hydrogens (tertiary/aromatic N) is 2. The smallest absolute Gasteiger partial charge is 0.338 e. The molecule has 0 aliphatic rings. The predicted octanol–water partition coefficient (Wildman–Crippen LogP) is 2.03. The zero-order valence-electron chi connectivity index (χ0n) is 12.9. The van der Waals surface area contributed by atoms with Gasteiger partial charge in [-0.3, -0.25) is 4.79 Å². The number of amides is 1. The second-order valence-electron chi connectivity index (χ2n) is 4.92. The number of hydrogen-bond donors (Lipinski definition) is 1. The van der Waals surface area contributed by atoms with Gasteiger partial charge in [0.05, 0.1) is 5.56 Å². The van der Waals surface area contributed by atoms with Gasteiger partial charge in [-0.15, -0.1) is 0 Å². The molecule has 1 amide bonds. The van der Waals surface area contributed by atoms with Gasteiger partial charge in [0.2, 0.25) is 0 Å². The van der Waals surface area contributed by atoms with Crippen LogP contribution in [0.15, 0.2) is 35.5 Å². The minimum atomic E-state index is -0.686. The van der Waals surface area contributed by atoms with Crippen LogP contribution in [-0.4, -0.2) is 28.5 Å². The minimum Gasteiger partial charge on any atom is -0.452 e. The standard InChI is InChI=1S/C16H17N3O3S/c1-10-7-11(2)19-16(18-10)23-9-12-5-3-4-6-13(12)15(21)22-8-14(17)20/h3-7H,8-9H2,1-2H3,(H2,17,20). The van der Waals surface area contributed by atoms with E-state index in [1.165, 1.54) is 11.8 Å². The topological polar surface area (TPSA) is 95.2 Å². The first-order valence-corrected chi connectivity index (χ1v) is 7.92. The fraction of sp³-hybridized carbons (Fsp3) is 0.250. The maximum atomic E-state index is 12.0. The van der Waals surface area contributed by atoms with Gasteiger partial charge < -0.3 is 10.5 Å². The highest BCUT2D eigenvalue weighted by Crippen LogP contribution is 2.22. The summed E-state index contributed by atoms with van der Waals surface area (Å²) in [5.74, 6) is -0.736. The van der Waals surface area contributed by atoms with Crippen LogP contribution in [-0.2, 0) is 15.3 Å². The van der Waals surface area contributed by atoms with Crippen molar-refractivity contribution in [1.82, 2.24) is 9.97 Å². The van der Waals surface area contributed by atoms with Crippen molar-refractivity contribution < 1.29 is 14.3 Å². The highest BCUT2D eigenvalue weighted by atomic mass is 32.2. The quantitative estimate of drug-likeness (QED) is 0.494. The van der Waals surface area contributed by atoms with Crippen LogP contribution in [0.2, 0.25) is 0 Å². The molecule has 23 heavy (non-hydrogen) atoms. The summed E-state index contributed by atoms with van der Waals surface area (Å²) >= 11 is 1.44. The number of aryl methyl sites for hydroxylation is 2. The van der Waals surface area contributed by atoms with E-state index in [0.29, 0.717) is 16.5 Å². The maximum Gasteiger partial charge on any atom is 0.338 e. The van der Waals surface area contributed by atoms with Crippen molar-refractivity contribution in [1.29, 1.82) is 0 Å². The predicted molar refractivity (Wildman–Crippen MR) is 87.0 cm³/mol. The highest BCUT2D eigenvalue weighted by Gasteiger charge is 2.14. The molecule has 0 fully saturated rings. The lowest BCUT2D eigenvalue weighted by Crippen LogP contribution is -2.21. The Hall–Kier alpha value is -2.41. The van der Waals surface area contributed by atoms with Crippen LogP contribution >= 0.6 is 11.8 Å². The molecule has 1 aromatic heterocycles. The first-order chi connectivity index (χ1) is 11.0. The molecule has 1 heterocycles. The molecule has 0 aliphatic heterocycles. The number of hydrogen-bond acceptors (Lipinski definition) is 6. The number of ether oxygens (including phenoxy) is 1. The Morgan fingerprint density at radius 3 is 2.48 bits per heavy atom. The molecular formula is C16H17N3O3S. The molecule has 0 atom stereocenters. The fourth-order valence-electron chi connectivity index (χ4n) is 1.96. The molecule has 0 aliphatic carbocycles. The summed E-state index contributed by atoms with van der Waals surface area (Å²) in [6.45, 7) is 3.39. The molecule has 0 radical (unpaired) electrons. The number of carbonyl (C=O) groups excluding carboxylic acids is 2. The van der Waals surface area contributed by atoms with Crippen molar-refractivity contribution in [3.63, 3.8) is 0 Å². The number of nitrogens with two attached hydrogens (primary N) is 1. The van der Waals surface area contributed by atoms with Gasteiger partial charge in [0.1, 0.15) is 0 Å². The van der Waals surface area contributed by atoms with Crippen molar-refractivity contribution in [2.24, 2.45) is 5.73 Å². The third-order valence-corrected chi connectivity index (χ3v) is 3.80. The Labute approximate surface area is 138 Å². The first kappa shape index (κ1) is 17.0. The maximum absolute atomic E-state index is 12.0. The Bertz CT molecular complexity index is 714. The van der Waals surface area contributed by atoms with Gasteiger partial charge >= 0.3 is 5.97 Å². The average molecular weight is 331 g/mol. The molecule has 0 unspecified atom stereocenters. The van der Waals surface area contributed by atoms with Crippen LogP contribution < -0.4 is 5.73 Å². The van der Waals surface area contributed by atoms with Gasteiger partial charge in [0.15, 0.2) is 11.8 Å². The largest absolute Gasteiger partial charge is 0.452 e. The van der Waals surface area contributed by atoms with Gasteiger partial charge in [-0.25, -0.2) is 14.8 Å². The lowest BCUT2D eigenvalue weighted by atomic mass is 10.1. The number of benzene rings is 1. The Morgan fingerprint density at radius 2 is 1.83 bits per heavy atom. The zero-order chi connectivity index (χ0) is 16.8. The van der Waals surface area contributed by atoms with Crippen LogP contribution in [0.1, 0.15) is 27.3 Å². The number of rotatable bonds is 6. The van der Waals surface area contributed by atoms with Gasteiger partial charge in [-0.1, -0.05) is 30.0 Å². The number of primary amides is 1. The summed E-state index contributed by atoms with van der Waals surface area (Å²) in [6.07, 6.45) is 0. The van der Waals surface area contributed by atoms with Gasteiger partial charge in [0.25, 0.3) is 5.91 Å². The average Bonchev–Trinajstić information content (AvgIpc) is 2.50. The molecular weight excluding hydrogens is 314 g/mol. The van der Waals surface area contributed by atoms with Crippen LogP contribution in [0.3, 0.4) is 0 Å². The summed E-state index contributed by atoms with van der Waals surface area (Å²) in [5, 5.41) is 0.655. The molecule has 2 N–H and O–H groups in total. The van der Waals surface area contributed by atoms with E-state index < -0.39 is 18.5 Å². The van der Waals surface area contributed by atoms with Crippen molar-refractivity contribution in [2.75, 3.05) is 6.61 Å². The summed E-state index contributed by atoms with van der Waals surface area (Å²) in [7, 11) is 0. The monoisotopic (exact) mass is 331 g/mol. The van der Waals surface area contributed by atoms with E-state index >= 15 is 0 Å². The SMILES string of the molecule is Cc1cc(C)nc(SCc2ccccc2C(=O)OCC(N)=O)n1. The lowest BCUT2D eigenvalue weighted by Gasteiger charge is -2.08. The van der Waals surface area contributed by atoms with Crippen molar-refractivity contribution in [2.45, 2.75) is 24.8 Å². The van der Waals surface area contributed by atoms with Crippen LogP contribution in [0.5, 0.6) is 0 Å². The van der Waals surface area contributed by atoms with Gasteiger partial charge in [-0.05, 0) is 31.5 Å². The molecule has 2 aromatic rings. The van der Waals surface area contributed by atoms with E-state index in [2.05, 4.69) is 9.97 Å². The summed E-state index contributed by atoms with van der Waals surface area (Å²) < 4.78 is 4.87. The third-order valence-electron chi connectivity index (χ3n) is 2.90. The normalized spacial score (nSPS) is 10.3. The molecule has 0 spiro atoms. The van der Waals surface area contributed by atoms with E-state index in [0.717, 1.165) is 17.0 Å². The molecule has 7 heteroatoms. The van der Waals surface area contributed by atoms with Crippen molar-refractivity contribution in [3.05, 3.63) is 52.8 Å². The van der Waals surface area contributed by atoms with E-state index in [1.54, 1.807) is 12.1 Å². The van der Waals surface area contributed by atoms with Crippen LogP contribution in [0.4, 0.5) is 0 Å². The summed E-state index contributed by atoms with van der Waals surface area (Å²) in [4.78, 5) is 31.5. The van der Waals surface area contributed by atoms with Gasteiger partial charge in [-0.2, -0.15) is 0 Å². The molecule has 0 bridgehead atoms. The lowest BCUT2D eigenvalue weighted by molar-refractivity contribution is -0.121. The summed E-state index contributed by atoms with van der Waals surface area (Å²) in [6, 6.07) is 8.96.